The van der Waals surface area contributed by atoms with Gasteiger partial charge in [0.2, 0.25) is 0 Å². The van der Waals surface area contributed by atoms with Crippen LogP contribution in [0.1, 0.15) is 51.4 Å². The maximum Gasteiger partial charge on any atom is 4.00 e. The summed E-state index contributed by atoms with van der Waals surface area (Å²) in [7, 11) is 0. The van der Waals surface area contributed by atoms with E-state index in [-0.39, 0.29) is 63.2 Å². The third-order valence-electron chi connectivity index (χ3n) is 5.01. The van der Waals surface area contributed by atoms with Gasteiger partial charge >= 0.3 is 63.2 Å². The van der Waals surface area contributed by atoms with Crippen LogP contribution < -0.4 is 61.3 Å². The molecule has 0 aromatic carbocycles. The van der Waals surface area contributed by atoms with Crippen molar-refractivity contribution in [2.24, 2.45) is 0 Å². The maximum atomic E-state index is 10.1. The van der Waals surface area contributed by atoms with E-state index in [1.54, 1.807) is 0 Å². The number of carbonyl (C=O) groups is 12. The van der Waals surface area contributed by atoms with Gasteiger partial charge in [0.1, 0.15) is 22.4 Å². The molecule has 28 nitrogen and oxygen atoms in total. The van der Waals surface area contributed by atoms with E-state index in [0.717, 1.165) is 0 Å². The zero-order valence-corrected chi connectivity index (χ0v) is 35.3. The van der Waals surface area contributed by atoms with Crippen LogP contribution in [0, 0.1) is 0 Å². The molecular weight excluding hydrogens is 1290 g/mol. The second-order valence-electron chi connectivity index (χ2n) is 9.67. The second kappa shape index (κ2) is 28.9. The molecular formula is C24H20O28W3. The number of aliphatic carboxylic acids is 12. The number of rotatable bonds is 20. The molecule has 0 aromatic rings. The first-order valence-electron chi connectivity index (χ1n) is 12.5. The van der Waals surface area contributed by atoms with E-state index in [2.05, 4.69) is 0 Å². The molecule has 31 heteroatoms. The number of hydrogen-bond acceptors (Lipinski definition) is 28. The number of carbonyl (C=O) groups excluding carboxylic acids is 12. The van der Waals surface area contributed by atoms with Crippen molar-refractivity contribution in [1.29, 1.82) is 0 Å². The van der Waals surface area contributed by atoms with Crippen LogP contribution in [-0.2, 0) is 121 Å². The second-order valence-corrected chi connectivity index (χ2v) is 9.67. The van der Waals surface area contributed by atoms with Crippen molar-refractivity contribution >= 4 is 71.6 Å². The summed E-state index contributed by atoms with van der Waals surface area (Å²) >= 11 is 0. The summed E-state index contributed by atoms with van der Waals surface area (Å²) in [5.41, 5.74) is -11.9. The third-order valence-corrected chi connectivity index (χ3v) is 5.01. The van der Waals surface area contributed by atoms with Crippen molar-refractivity contribution in [3.63, 3.8) is 0 Å². The number of carboxylic acid groups (broad SMARTS) is 12. The molecule has 0 heterocycles. The predicted molar refractivity (Wildman–Crippen MR) is 117 cm³/mol. The molecule has 55 heavy (non-hydrogen) atoms. The number of hydrogen-bond donors (Lipinski definition) is 4. The fraction of sp³-hybridized carbons (Fsp3) is 0.500. The van der Waals surface area contributed by atoms with Gasteiger partial charge in [-0.05, 0) is 0 Å². The van der Waals surface area contributed by atoms with E-state index >= 15 is 0 Å². The van der Waals surface area contributed by atoms with Crippen molar-refractivity contribution in [1.82, 2.24) is 0 Å². The molecule has 0 aliphatic carbocycles. The van der Waals surface area contributed by atoms with Gasteiger partial charge in [-0.2, -0.15) is 0 Å². The molecule has 0 atom stereocenters. The molecule has 302 valence electrons. The molecule has 0 saturated heterocycles. The number of carboxylic acids is 12. The number of aliphatic hydroxyl groups is 4. The summed E-state index contributed by atoms with van der Waals surface area (Å²) in [5, 5.41) is 156. The van der Waals surface area contributed by atoms with Crippen LogP contribution in [0.3, 0.4) is 0 Å². The molecule has 0 aromatic heterocycles. The fourth-order valence-corrected chi connectivity index (χ4v) is 2.74. The Hall–Kier alpha value is -4.46. The van der Waals surface area contributed by atoms with Crippen LogP contribution in [0.15, 0.2) is 0 Å². The Morgan fingerprint density at radius 3 is 0.364 bits per heavy atom. The minimum absolute atomic E-state index is 0. The van der Waals surface area contributed by atoms with E-state index in [1.807, 2.05) is 0 Å². The first-order chi connectivity index (χ1) is 23.1. The van der Waals surface area contributed by atoms with Gasteiger partial charge < -0.3 is 139 Å². The average Bonchev–Trinajstić information content (AvgIpc) is 2.85. The quantitative estimate of drug-likeness (QED) is 0.0879. The average molecular weight is 1310 g/mol. The molecule has 4 N–H and O–H groups in total. The molecule has 0 aliphatic heterocycles. The van der Waals surface area contributed by atoms with Crippen molar-refractivity contribution < 1.29 is 202 Å². The summed E-state index contributed by atoms with van der Waals surface area (Å²) in [6.45, 7) is 0. The molecule has 0 unspecified atom stereocenters. The van der Waals surface area contributed by atoms with Gasteiger partial charge in [-0.1, -0.05) is 0 Å². The Bertz CT molecular complexity index is 1130. The summed E-state index contributed by atoms with van der Waals surface area (Å²) < 4.78 is 0. The minimum atomic E-state index is -2.97. The molecule has 0 bridgehead atoms. The van der Waals surface area contributed by atoms with E-state index in [0.29, 0.717) is 0 Å². The van der Waals surface area contributed by atoms with Crippen molar-refractivity contribution in [2.45, 2.75) is 73.8 Å². The van der Waals surface area contributed by atoms with Crippen LogP contribution in [0.2, 0.25) is 0 Å². The van der Waals surface area contributed by atoms with Gasteiger partial charge in [-0.25, -0.2) is 0 Å². The zero-order chi connectivity index (χ0) is 42.6. The Kier molecular flexibility index (Phi) is 34.4. The molecule has 0 aliphatic rings. The van der Waals surface area contributed by atoms with Gasteiger partial charge in [0, 0.05) is 99.1 Å². The van der Waals surface area contributed by atoms with Gasteiger partial charge in [-0.15, -0.1) is 0 Å². The van der Waals surface area contributed by atoms with Crippen molar-refractivity contribution in [3.05, 3.63) is 0 Å². The Balaban J connectivity index is -0.000000110. The van der Waals surface area contributed by atoms with Crippen LogP contribution in [0.4, 0.5) is 0 Å². The standard InChI is InChI=1S/4C6H8O7.3W/c4*7-3(8)1-6(13,5(11)12)2-4(9)10;;;/h4*13H,1-2H2,(H,7,8)(H,9,10)(H,11,12);;;/q;;;;3*+4/p-12. The third kappa shape index (κ3) is 31.6. The van der Waals surface area contributed by atoms with E-state index in [1.165, 1.54) is 0 Å². The summed E-state index contributed by atoms with van der Waals surface area (Å²) in [5.74, 6) is -23.9. The van der Waals surface area contributed by atoms with Gasteiger partial charge in [0.15, 0.2) is 0 Å². The Morgan fingerprint density at radius 1 is 0.255 bits per heavy atom. The SMILES string of the molecule is O=C([O-])CC(O)(CC(=O)[O-])C(=O)[O-].O=C([O-])CC(O)(CC(=O)[O-])C(=O)[O-].O=C([O-])CC(O)(CC(=O)[O-])C(=O)[O-].O=C([O-])CC(O)(CC(=O)[O-])C(=O)[O-].[W+4].[W+4].[W+4]. The smallest absolute Gasteiger partial charge is 0.550 e. The first kappa shape index (κ1) is 65.4. The fourth-order valence-electron chi connectivity index (χ4n) is 2.74. The van der Waals surface area contributed by atoms with Crippen LogP contribution in [-0.4, -0.2) is 114 Å². The summed E-state index contributed by atoms with van der Waals surface area (Å²) in [6, 6.07) is 0. The molecule has 0 saturated carbocycles. The van der Waals surface area contributed by atoms with Crippen LogP contribution in [0.25, 0.3) is 0 Å². The Labute approximate surface area is 346 Å². The minimum Gasteiger partial charge on any atom is -0.550 e. The topological polar surface area (TPSA) is 562 Å². The summed E-state index contributed by atoms with van der Waals surface area (Å²) in [6.07, 6.45) is -10.9. The van der Waals surface area contributed by atoms with Gasteiger partial charge in [0.05, 0.1) is 23.9 Å². The summed E-state index contributed by atoms with van der Waals surface area (Å²) in [4.78, 5) is 120. The van der Waals surface area contributed by atoms with E-state index in [4.69, 9.17) is 20.4 Å². The van der Waals surface area contributed by atoms with Crippen molar-refractivity contribution in [3.8, 4) is 0 Å². The Morgan fingerprint density at radius 2 is 0.327 bits per heavy atom. The van der Waals surface area contributed by atoms with Gasteiger partial charge in [-0.3, -0.25) is 0 Å². The monoisotopic (exact) mass is 1310 g/mol. The normalized spacial score (nSPS) is 10.3. The maximum absolute atomic E-state index is 10.1. The zero-order valence-electron chi connectivity index (χ0n) is 26.5. The van der Waals surface area contributed by atoms with E-state index < -0.39 is 145 Å². The first-order valence-corrected chi connectivity index (χ1v) is 12.5. The van der Waals surface area contributed by atoms with Crippen molar-refractivity contribution in [2.75, 3.05) is 0 Å². The van der Waals surface area contributed by atoms with Crippen LogP contribution >= 0.6 is 0 Å². The molecule has 0 amide bonds. The van der Waals surface area contributed by atoms with Gasteiger partial charge in [0.25, 0.3) is 0 Å². The van der Waals surface area contributed by atoms with Crippen LogP contribution in [0.5, 0.6) is 0 Å². The largest absolute Gasteiger partial charge is 4.00 e. The molecule has 0 spiro atoms. The predicted octanol–water partition coefficient (Wildman–Crippen LogP) is -21.0. The van der Waals surface area contributed by atoms with E-state index in [9.17, 15) is 119 Å². The molecule has 0 rings (SSSR count). The molecule has 0 fully saturated rings. The molecule has 0 radical (unpaired) electrons.